The second kappa shape index (κ2) is 3.57. The molecule has 0 radical (unpaired) electrons. The summed E-state index contributed by atoms with van der Waals surface area (Å²) < 4.78 is 4.83. The Labute approximate surface area is 89.7 Å². The average Bonchev–Trinajstić information content (AvgIpc) is 2.52. The number of ether oxygens (including phenoxy) is 1. The second-order valence-corrected chi connectivity index (χ2v) is 3.93. The van der Waals surface area contributed by atoms with Crippen LogP contribution in [0.4, 0.5) is 5.69 Å². The Hall–Kier alpha value is -1.51. The van der Waals surface area contributed by atoms with E-state index >= 15 is 0 Å². The van der Waals surface area contributed by atoms with Crippen molar-refractivity contribution in [3.63, 3.8) is 0 Å². The third-order valence-electron chi connectivity index (χ3n) is 3.14. The third-order valence-corrected chi connectivity index (χ3v) is 3.14. The first-order chi connectivity index (χ1) is 7.16. The Morgan fingerprint density at radius 3 is 2.67 bits per heavy atom. The van der Waals surface area contributed by atoms with E-state index in [-0.39, 0.29) is 17.9 Å². The molecular formula is C12H15NO2. The van der Waals surface area contributed by atoms with E-state index in [2.05, 4.69) is 13.0 Å². The van der Waals surface area contributed by atoms with Crippen LogP contribution < -0.4 is 4.90 Å². The number of fused-ring (bicyclic) bond motifs is 1. The molecular weight excluding hydrogens is 190 g/mol. The lowest BCUT2D eigenvalue weighted by molar-refractivity contribution is -0.142. The molecule has 0 fully saturated rings. The maximum atomic E-state index is 11.6. The first-order valence-corrected chi connectivity index (χ1v) is 5.06. The summed E-state index contributed by atoms with van der Waals surface area (Å²) in [5.41, 5.74) is 2.34. The number of para-hydroxylation sites is 1. The van der Waals surface area contributed by atoms with Gasteiger partial charge in [0.15, 0.2) is 0 Å². The van der Waals surface area contributed by atoms with E-state index in [0.717, 1.165) is 5.69 Å². The predicted octanol–water partition coefficient (Wildman–Crippen LogP) is 1.78. The first kappa shape index (κ1) is 10.0. The molecule has 1 heterocycles. The van der Waals surface area contributed by atoms with Crippen LogP contribution in [0.2, 0.25) is 0 Å². The number of carbonyl (C=O) groups excluding carboxylic acids is 1. The van der Waals surface area contributed by atoms with Crippen LogP contribution in [-0.4, -0.2) is 26.2 Å². The summed E-state index contributed by atoms with van der Waals surface area (Å²) >= 11 is 0. The Balaban J connectivity index is 2.40. The minimum absolute atomic E-state index is 0.166. The topological polar surface area (TPSA) is 29.5 Å². The maximum absolute atomic E-state index is 11.6. The first-order valence-electron chi connectivity index (χ1n) is 5.06. The van der Waals surface area contributed by atoms with E-state index in [0.29, 0.717) is 0 Å². The number of carbonyl (C=O) groups is 1. The summed E-state index contributed by atoms with van der Waals surface area (Å²) in [6.45, 7) is 2.06. The van der Waals surface area contributed by atoms with Crippen LogP contribution in [-0.2, 0) is 9.53 Å². The maximum Gasteiger partial charge on any atom is 0.329 e. The van der Waals surface area contributed by atoms with Gasteiger partial charge in [-0.25, -0.2) is 4.79 Å². The molecule has 1 aliphatic rings. The zero-order valence-electron chi connectivity index (χ0n) is 9.23. The van der Waals surface area contributed by atoms with Crippen LogP contribution in [0.25, 0.3) is 0 Å². The van der Waals surface area contributed by atoms with Crippen molar-refractivity contribution < 1.29 is 9.53 Å². The third kappa shape index (κ3) is 1.39. The van der Waals surface area contributed by atoms with Crippen LogP contribution in [0, 0.1) is 0 Å². The lowest BCUT2D eigenvalue weighted by Gasteiger charge is -2.22. The van der Waals surface area contributed by atoms with Crippen molar-refractivity contribution in [3.05, 3.63) is 29.8 Å². The van der Waals surface area contributed by atoms with Crippen LogP contribution in [0.15, 0.2) is 24.3 Å². The Kier molecular flexibility index (Phi) is 2.39. The number of likely N-dealkylation sites (N-methyl/N-ethyl adjacent to an activating group) is 1. The number of esters is 1. The van der Waals surface area contributed by atoms with Gasteiger partial charge in [-0.3, -0.25) is 0 Å². The number of hydrogen-bond acceptors (Lipinski definition) is 3. The zero-order chi connectivity index (χ0) is 11.0. The SMILES string of the molecule is COC(=O)C1C(C)c2ccccc2N1C. The fraction of sp³-hybridized carbons (Fsp3) is 0.417. The fourth-order valence-corrected chi connectivity index (χ4v) is 2.33. The van der Waals surface area contributed by atoms with E-state index in [1.165, 1.54) is 12.7 Å². The zero-order valence-corrected chi connectivity index (χ0v) is 9.23. The Bertz CT molecular complexity index is 360. The molecule has 1 aromatic rings. The molecule has 0 aromatic heterocycles. The molecule has 3 nitrogen and oxygen atoms in total. The van der Waals surface area contributed by atoms with Gasteiger partial charge in [-0.15, -0.1) is 0 Å². The summed E-state index contributed by atoms with van der Waals surface area (Å²) in [5, 5.41) is 0. The molecule has 2 rings (SSSR count). The largest absolute Gasteiger partial charge is 0.467 e. The number of hydrogen-bond donors (Lipinski definition) is 0. The monoisotopic (exact) mass is 205 g/mol. The quantitative estimate of drug-likeness (QED) is 0.654. The van der Waals surface area contributed by atoms with E-state index in [9.17, 15) is 4.79 Å². The fourth-order valence-electron chi connectivity index (χ4n) is 2.33. The van der Waals surface area contributed by atoms with Gasteiger partial charge in [0.25, 0.3) is 0 Å². The minimum atomic E-state index is -0.188. The highest BCUT2D eigenvalue weighted by molar-refractivity contribution is 5.85. The van der Waals surface area contributed by atoms with Gasteiger partial charge in [-0.2, -0.15) is 0 Å². The minimum Gasteiger partial charge on any atom is -0.467 e. The predicted molar refractivity (Wildman–Crippen MR) is 59.1 cm³/mol. The Morgan fingerprint density at radius 2 is 2.07 bits per heavy atom. The van der Waals surface area contributed by atoms with Crippen LogP contribution in [0.1, 0.15) is 18.4 Å². The molecule has 0 saturated carbocycles. The molecule has 0 N–H and O–H groups in total. The van der Waals surface area contributed by atoms with Crippen molar-refractivity contribution in [3.8, 4) is 0 Å². The standard InChI is InChI=1S/C12H15NO2/c1-8-9-6-4-5-7-10(9)13(2)11(8)12(14)15-3/h4-8,11H,1-3H3. The van der Waals surface area contributed by atoms with Gasteiger partial charge in [0.1, 0.15) is 6.04 Å². The van der Waals surface area contributed by atoms with Crippen LogP contribution >= 0.6 is 0 Å². The van der Waals surface area contributed by atoms with Gasteiger partial charge in [0, 0.05) is 18.7 Å². The number of benzene rings is 1. The molecule has 3 heteroatoms. The molecule has 2 atom stereocenters. The summed E-state index contributed by atoms with van der Waals surface area (Å²) in [6, 6.07) is 7.91. The van der Waals surface area contributed by atoms with Crippen molar-refractivity contribution in [2.24, 2.45) is 0 Å². The van der Waals surface area contributed by atoms with E-state index in [4.69, 9.17) is 4.74 Å². The molecule has 2 unspecified atom stereocenters. The van der Waals surface area contributed by atoms with Crippen molar-refractivity contribution in [2.75, 3.05) is 19.1 Å². The van der Waals surface area contributed by atoms with Crippen molar-refractivity contribution in [1.82, 2.24) is 0 Å². The molecule has 1 aromatic carbocycles. The van der Waals surface area contributed by atoms with Crippen LogP contribution in [0.3, 0.4) is 0 Å². The van der Waals surface area contributed by atoms with E-state index in [1.54, 1.807) is 0 Å². The number of methoxy groups -OCH3 is 1. The lowest BCUT2D eigenvalue weighted by atomic mass is 9.97. The van der Waals surface area contributed by atoms with E-state index < -0.39 is 0 Å². The number of rotatable bonds is 1. The van der Waals surface area contributed by atoms with Crippen molar-refractivity contribution >= 4 is 11.7 Å². The molecule has 0 bridgehead atoms. The molecule has 1 aliphatic heterocycles. The van der Waals surface area contributed by atoms with Crippen molar-refractivity contribution in [1.29, 1.82) is 0 Å². The van der Waals surface area contributed by atoms with E-state index in [1.807, 2.05) is 30.1 Å². The van der Waals surface area contributed by atoms with Gasteiger partial charge >= 0.3 is 5.97 Å². The summed E-state index contributed by atoms with van der Waals surface area (Å²) in [6.07, 6.45) is 0. The van der Waals surface area contributed by atoms with Crippen molar-refractivity contribution in [2.45, 2.75) is 18.9 Å². The molecule has 15 heavy (non-hydrogen) atoms. The molecule has 0 spiro atoms. The second-order valence-electron chi connectivity index (χ2n) is 3.93. The molecule has 0 aliphatic carbocycles. The lowest BCUT2D eigenvalue weighted by Crippen LogP contribution is -2.38. The Morgan fingerprint density at radius 1 is 1.40 bits per heavy atom. The van der Waals surface area contributed by atoms with Gasteiger partial charge in [-0.1, -0.05) is 25.1 Å². The molecule has 80 valence electrons. The summed E-state index contributed by atoms with van der Waals surface area (Å²) in [7, 11) is 3.37. The normalized spacial score (nSPS) is 23.8. The molecule has 0 saturated heterocycles. The number of anilines is 1. The average molecular weight is 205 g/mol. The highest BCUT2D eigenvalue weighted by atomic mass is 16.5. The van der Waals surface area contributed by atoms with Gasteiger partial charge in [0.05, 0.1) is 7.11 Å². The van der Waals surface area contributed by atoms with Gasteiger partial charge in [-0.05, 0) is 11.6 Å². The summed E-state index contributed by atoms with van der Waals surface area (Å²) in [5.74, 6) is 0.0276. The smallest absolute Gasteiger partial charge is 0.329 e. The summed E-state index contributed by atoms with van der Waals surface area (Å²) in [4.78, 5) is 13.6. The van der Waals surface area contributed by atoms with Gasteiger partial charge in [0.2, 0.25) is 0 Å². The van der Waals surface area contributed by atoms with Crippen LogP contribution in [0.5, 0.6) is 0 Å². The highest BCUT2D eigenvalue weighted by Gasteiger charge is 2.38. The number of nitrogens with zero attached hydrogens (tertiary/aromatic N) is 1. The highest BCUT2D eigenvalue weighted by Crippen LogP contribution is 2.39. The molecule has 0 amide bonds. The van der Waals surface area contributed by atoms with Gasteiger partial charge < -0.3 is 9.64 Å².